The van der Waals surface area contributed by atoms with E-state index in [0.717, 1.165) is 6.08 Å². The van der Waals surface area contributed by atoms with Crippen LogP contribution in [-0.2, 0) is 9.13 Å². The lowest BCUT2D eigenvalue weighted by Crippen LogP contribution is -1.88. The van der Waals surface area contributed by atoms with Crippen molar-refractivity contribution in [1.82, 2.24) is 0 Å². The number of allylic oxidation sites excluding steroid dienone is 1. The largest absolute Gasteiger partial charge is 0.364 e. The molecule has 0 aromatic rings. The first-order valence-electron chi connectivity index (χ1n) is 3.52. The molecule has 0 atom stereocenters. The van der Waals surface area contributed by atoms with Crippen molar-refractivity contribution in [3.63, 3.8) is 0 Å². The Kier molecular flexibility index (Phi) is 4.52. The summed E-state index contributed by atoms with van der Waals surface area (Å²) in [4.78, 5) is 34.4. The van der Waals surface area contributed by atoms with Crippen LogP contribution in [0.3, 0.4) is 0 Å². The molecule has 8 heteroatoms. The molecule has 0 radical (unpaired) electrons. The molecule has 0 saturated carbocycles. The Bertz CT molecular complexity index is 259. The van der Waals surface area contributed by atoms with E-state index in [0.29, 0.717) is 6.42 Å². The molecule has 6 nitrogen and oxygen atoms in total. The first kappa shape index (κ1) is 13.0. The summed E-state index contributed by atoms with van der Waals surface area (Å²) in [5.41, 5.74) is 0. The maximum absolute atomic E-state index is 10.6. The minimum absolute atomic E-state index is 0.228. The Balaban J connectivity index is 5.02. The first-order valence-corrected chi connectivity index (χ1v) is 6.74. The van der Waals surface area contributed by atoms with Crippen molar-refractivity contribution in [2.24, 2.45) is 0 Å². The van der Waals surface area contributed by atoms with Crippen molar-refractivity contribution in [2.75, 3.05) is 0 Å². The van der Waals surface area contributed by atoms with Gasteiger partial charge in [-0.15, -0.1) is 0 Å². The van der Waals surface area contributed by atoms with E-state index < -0.39 is 20.2 Å². The van der Waals surface area contributed by atoms with Gasteiger partial charge in [0.1, 0.15) is 5.06 Å². The second-order valence-electron chi connectivity index (χ2n) is 2.44. The van der Waals surface area contributed by atoms with Gasteiger partial charge < -0.3 is 19.6 Å². The van der Waals surface area contributed by atoms with Crippen LogP contribution in [0.15, 0.2) is 11.1 Å². The molecule has 0 saturated heterocycles. The molecule has 0 unspecified atom stereocenters. The fourth-order valence-electron chi connectivity index (χ4n) is 0.681. The second-order valence-corrected chi connectivity index (χ2v) is 5.93. The topological polar surface area (TPSA) is 115 Å². The zero-order valence-corrected chi connectivity index (χ0v) is 8.78. The van der Waals surface area contributed by atoms with Gasteiger partial charge in [0.2, 0.25) is 0 Å². The molecule has 0 spiro atoms. The lowest BCUT2D eigenvalue weighted by Gasteiger charge is -2.10. The summed E-state index contributed by atoms with van der Waals surface area (Å²) in [5, 5.41) is -1.08. The van der Waals surface area contributed by atoms with Gasteiger partial charge in [0.25, 0.3) is 0 Å². The number of rotatable bonds is 4. The highest BCUT2D eigenvalue weighted by Gasteiger charge is 2.35. The lowest BCUT2D eigenvalue weighted by atomic mass is 10.3. The van der Waals surface area contributed by atoms with E-state index >= 15 is 0 Å². The summed E-state index contributed by atoms with van der Waals surface area (Å²) in [6.07, 6.45) is 1.69. The van der Waals surface area contributed by atoms with Crippen molar-refractivity contribution < 1.29 is 28.7 Å². The number of unbranched alkanes of at least 4 members (excludes halogenated alkanes) is 1. The highest BCUT2D eigenvalue weighted by Crippen LogP contribution is 2.63. The molecule has 0 amide bonds. The van der Waals surface area contributed by atoms with Gasteiger partial charge in [-0.25, -0.2) is 0 Å². The Morgan fingerprint density at radius 3 is 1.77 bits per heavy atom. The minimum atomic E-state index is -4.83. The molecule has 0 heterocycles. The lowest BCUT2D eigenvalue weighted by molar-refractivity contribution is 0.367. The molecule has 0 aromatic carbocycles. The van der Waals surface area contributed by atoms with Crippen molar-refractivity contribution >= 4 is 15.2 Å². The average Bonchev–Trinajstić information content (AvgIpc) is 1.81. The Hall–Kier alpha value is 0.0400. The van der Waals surface area contributed by atoms with Crippen LogP contribution in [0.25, 0.3) is 0 Å². The van der Waals surface area contributed by atoms with Crippen LogP contribution in [0.5, 0.6) is 0 Å². The minimum Gasteiger partial charge on any atom is -0.321 e. The molecule has 4 N–H and O–H groups in total. The highest BCUT2D eigenvalue weighted by atomic mass is 31.2. The van der Waals surface area contributed by atoms with E-state index in [-0.39, 0.29) is 6.42 Å². The smallest absolute Gasteiger partial charge is 0.321 e. The van der Waals surface area contributed by atoms with Gasteiger partial charge in [-0.2, -0.15) is 0 Å². The van der Waals surface area contributed by atoms with Gasteiger partial charge >= 0.3 is 15.2 Å². The van der Waals surface area contributed by atoms with Crippen LogP contribution in [-0.4, -0.2) is 19.6 Å². The van der Waals surface area contributed by atoms with E-state index in [1.54, 1.807) is 6.92 Å². The van der Waals surface area contributed by atoms with E-state index in [9.17, 15) is 9.13 Å². The van der Waals surface area contributed by atoms with Gasteiger partial charge in [0.15, 0.2) is 0 Å². The number of hydrogen-bond acceptors (Lipinski definition) is 2. The normalized spacial score (nSPS) is 12.7. The molecule has 0 aromatic heterocycles. The van der Waals surface area contributed by atoms with Crippen LogP contribution in [0.4, 0.5) is 0 Å². The third kappa shape index (κ3) is 4.72. The van der Waals surface area contributed by atoms with Crippen molar-refractivity contribution in [1.29, 1.82) is 0 Å². The van der Waals surface area contributed by atoms with Gasteiger partial charge in [-0.05, 0) is 6.42 Å². The van der Waals surface area contributed by atoms with Crippen LogP contribution in [0.2, 0.25) is 0 Å². The quantitative estimate of drug-likeness (QED) is 0.535. The first-order chi connectivity index (χ1) is 5.69. The molecular formula is C5H12O6P2. The molecule has 0 fully saturated rings. The van der Waals surface area contributed by atoms with Gasteiger partial charge in [0, 0.05) is 0 Å². The summed E-state index contributed by atoms with van der Waals surface area (Å²) in [6, 6.07) is 0. The van der Waals surface area contributed by atoms with Crippen molar-refractivity contribution in [2.45, 2.75) is 19.8 Å². The fourth-order valence-corrected chi connectivity index (χ4v) is 2.77. The van der Waals surface area contributed by atoms with Crippen LogP contribution < -0.4 is 0 Å². The monoisotopic (exact) mass is 230 g/mol. The number of hydrogen-bond donors (Lipinski definition) is 4. The summed E-state index contributed by atoms with van der Waals surface area (Å²) >= 11 is 0. The maximum Gasteiger partial charge on any atom is 0.364 e. The van der Waals surface area contributed by atoms with E-state index in [4.69, 9.17) is 19.6 Å². The zero-order valence-electron chi connectivity index (χ0n) is 6.99. The maximum atomic E-state index is 10.6. The Morgan fingerprint density at radius 1 is 1.15 bits per heavy atom. The van der Waals surface area contributed by atoms with E-state index in [1.165, 1.54) is 0 Å². The molecular weight excluding hydrogens is 218 g/mol. The third-order valence-corrected chi connectivity index (χ3v) is 4.33. The summed E-state index contributed by atoms with van der Waals surface area (Å²) in [7, 11) is -9.66. The van der Waals surface area contributed by atoms with Crippen molar-refractivity contribution in [3.05, 3.63) is 11.1 Å². The SMILES string of the molecule is CCCC=C(P(=O)(O)O)P(=O)(O)O. The van der Waals surface area contributed by atoms with Crippen LogP contribution in [0, 0.1) is 0 Å². The molecule has 0 rings (SSSR count). The van der Waals surface area contributed by atoms with Gasteiger partial charge in [-0.1, -0.05) is 19.4 Å². The highest BCUT2D eigenvalue weighted by molar-refractivity contribution is 7.77. The van der Waals surface area contributed by atoms with E-state index in [1.807, 2.05) is 0 Å². The second kappa shape index (κ2) is 4.51. The van der Waals surface area contributed by atoms with E-state index in [2.05, 4.69) is 0 Å². The standard InChI is InChI=1S/C5H12O6P2/c1-2-3-4-5(12(6,7)8)13(9,10)11/h4H,2-3H2,1H3,(H2,6,7,8)(H2,9,10,11). The Labute approximate surface area is 75.6 Å². The molecule has 0 bridgehead atoms. The molecule has 13 heavy (non-hydrogen) atoms. The summed E-state index contributed by atoms with van der Waals surface area (Å²) in [5.74, 6) is 0. The van der Waals surface area contributed by atoms with Gasteiger partial charge in [-0.3, -0.25) is 9.13 Å². The molecule has 0 aliphatic rings. The average molecular weight is 230 g/mol. The summed E-state index contributed by atoms with van der Waals surface area (Å²) in [6.45, 7) is 1.73. The van der Waals surface area contributed by atoms with Crippen molar-refractivity contribution in [3.8, 4) is 0 Å². The predicted octanol–water partition coefficient (Wildman–Crippen LogP) is 0.983. The fraction of sp³-hybridized carbons (Fsp3) is 0.600. The zero-order chi connectivity index (χ0) is 10.7. The molecule has 0 aliphatic heterocycles. The molecule has 0 aliphatic carbocycles. The Morgan fingerprint density at radius 2 is 1.54 bits per heavy atom. The summed E-state index contributed by atoms with van der Waals surface area (Å²) < 4.78 is 21.2. The third-order valence-electron chi connectivity index (χ3n) is 1.21. The molecule has 78 valence electrons. The van der Waals surface area contributed by atoms with Crippen LogP contribution >= 0.6 is 15.2 Å². The van der Waals surface area contributed by atoms with Crippen LogP contribution in [0.1, 0.15) is 19.8 Å². The van der Waals surface area contributed by atoms with Gasteiger partial charge in [0.05, 0.1) is 0 Å². The predicted molar refractivity (Wildman–Crippen MR) is 47.1 cm³/mol.